The van der Waals surface area contributed by atoms with Crippen LogP contribution in [0.4, 0.5) is 4.79 Å². The lowest BCUT2D eigenvalue weighted by Gasteiger charge is -2.19. The number of aliphatic carboxylic acids is 1. The first-order valence-electron chi connectivity index (χ1n) is 7.04. The molecule has 0 spiro atoms. The van der Waals surface area contributed by atoms with E-state index in [2.05, 4.69) is 22.9 Å². The number of carbonyl (C=O) groups excluding carboxylic acids is 1. The SMILES string of the molecule is C/C(=N/C(CCCCCS)C(=O)O)NC(=O)OC(C)(C)C. The standard InChI is InChI=1S/C14H26N2O4S/c1-10(16-13(19)20-14(2,3)4)15-11(12(17)18)8-6-5-7-9-21/h11,21H,5-9H2,1-4H3,(H,17,18)(H,15,16,19). The zero-order valence-corrected chi connectivity index (χ0v) is 14.1. The van der Waals surface area contributed by atoms with Crippen molar-refractivity contribution in [3.63, 3.8) is 0 Å². The Morgan fingerprint density at radius 2 is 1.90 bits per heavy atom. The highest BCUT2D eigenvalue weighted by atomic mass is 32.1. The number of unbranched alkanes of at least 4 members (excludes halogenated alkanes) is 2. The van der Waals surface area contributed by atoms with Crippen LogP contribution in [-0.4, -0.2) is 40.4 Å². The van der Waals surface area contributed by atoms with Gasteiger partial charge in [-0.25, -0.2) is 9.59 Å². The summed E-state index contributed by atoms with van der Waals surface area (Å²) in [5, 5.41) is 11.6. The highest BCUT2D eigenvalue weighted by Crippen LogP contribution is 2.09. The van der Waals surface area contributed by atoms with Gasteiger partial charge in [0.05, 0.1) is 0 Å². The third-order valence-electron chi connectivity index (χ3n) is 2.45. The molecule has 0 saturated heterocycles. The van der Waals surface area contributed by atoms with Gasteiger partial charge in [0.25, 0.3) is 0 Å². The van der Waals surface area contributed by atoms with Crippen LogP contribution in [0.2, 0.25) is 0 Å². The molecule has 1 unspecified atom stereocenters. The summed E-state index contributed by atoms with van der Waals surface area (Å²) in [5.41, 5.74) is -0.608. The van der Waals surface area contributed by atoms with Crippen LogP contribution in [-0.2, 0) is 9.53 Å². The number of amides is 1. The van der Waals surface area contributed by atoms with Crippen LogP contribution < -0.4 is 5.32 Å². The molecule has 0 bridgehead atoms. The molecule has 0 heterocycles. The predicted molar refractivity (Wildman–Crippen MR) is 86.2 cm³/mol. The van der Waals surface area contributed by atoms with Crippen LogP contribution in [0.15, 0.2) is 4.99 Å². The fourth-order valence-electron chi connectivity index (χ4n) is 1.59. The number of thiol groups is 1. The maximum atomic E-state index is 11.5. The zero-order valence-electron chi connectivity index (χ0n) is 13.2. The lowest BCUT2D eigenvalue weighted by molar-refractivity contribution is -0.138. The molecular formula is C14H26N2O4S. The van der Waals surface area contributed by atoms with E-state index in [0.29, 0.717) is 6.42 Å². The van der Waals surface area contributed by atoms with Gasteiger partial charge in [-0.3, -0.25) is 10.3 Å². The smallest absolute Gasteiger partial charge is 0.413 e. The minimum atomic E-state index is -0.994. The van der Waals surface area contributed by atoms with Gasteiger partial charge in [-0.2, -0.15) is 12.6 Å². The summed E-state index contributed by atoms with van der Waals surface area (Å²) < 4.78 is 5.08. The molecule has 122 valence electrons. The lowest BCUT2D eigenvalue weighted by Crippen LogP contribution is -2.36. The average Bonchev–Trinajstić information content (AvgIpc) is 2.30. The van der Waals surface area contributed by atoms with Crippen molar-refractivity contribution in [2.75, 3.05) is 5.75 Å². The Hall–Kier alpha value is -1.24. The Bertz CT molecular complexity index is 378. The molecular weight excluding hydrogens is 292 g/mol. The Labute approximate surface area is 131 Å². The number of carboxylic acid groups (broad SMARTS) is 1. The predicted octanol–water partition coefficient (Wildman–Crippen LogP) is 2.87. The van der Waals surface area contributed by atoms with E-state index < -0.39 is 23.7 Å². The van der Waals surface area contributed by atoms with Crippen LogP contribution in [0.3, 0.4) is 0 Å². The molecule has 0 aromatic heterocycles. The Balaban J connectivity index is 4.44. The van der Waals surface area contributed by atoms with Crippen molar-refractivity contribution >= 4 is 30.5 Å². The number of carbonyl (C=O) groups is 2. The normalized spacial score (nSPS) is 13.7. The summed E-state index contributed by atoms with van der Waals surface area (Å²) >= 11 is 4.11. The second-order valence-electron chi connectivity index (χ2n) is 5.77. The lowest BCUT2D eigenvalue weighted by atomic mass is 10.1. The number of alkyl carbamates (subject to hydrolysis) is 1. The molecule has 0 radical (unpaired) electrons. The molecule has 0 aromatic carbocycles. The van der Waals surface area contributed by atoms with Gasteiger partial charge >= 0.3 is 12.1 Å². The molecule has 2 N–H and O–H groups in total. The minimum absolute atomic E-state index is 0.242. The molecule has 0 aliphatic carbocycles. The molecule has 0 rings (SSSR count). The van der Waals surface area contributed by atoms with Gasteiger partial charge in [-0.05, 0) is 46.3 Å². The second kappa shape index (κ2) is 9.65. The first-order chi connectivity index (χ1) is 9.65. The van der Waals surface area contributed by atoms with E-state index in [1.54, 1.807) is 27.7 Å². The number of aliphatic imine (C=N–C) groups is 1. The highest BCUT2D eigenvalue weighted by Gasteiger charge is 2.19. The Morgan fingerprint density at radius 3 is 2.38 bits per heavy atom. The van der Waals surface area contributed by atoms with Gasteiger partial charge in [-0.1, -0.05) is 12.8 Å². The quantitative estimate of drug-likeness (QED) is 0.291. The van der Waals surface area contributed by atoms with Crippen LogP contribution in [0.5, 0.6) is 0 Å². The van der Waals surface area contributed by atoms with Crippen molar-refractivity contribution in [2.24, 2.45) is 4.99 Å². The van der Waals surface area contributed by atoms with Crippen molar-refractivity contribution in [1.29, 1.82) is 0 Å². The maximum absolute atomic E-state index is 11.5. The molecule has 0 fully saturated rings. The summed E-state index contributed by atoms with van der Waals surface area (Å²) in [6.45, 7) is 6.80. The van der Waals surface area contributed by atoms with E-state index in [0.717, 1.165) is 25.0 Å². The number of rotatable bonds is 7. The molecule has 1 amide bonds. The number of ether oxygens (including phenoxy) is 1. The van der Waals surface area contributed by atoms with Crippen molar-refractivity contribution in [2.45, 2.75) is 65.0 Å². The fraction of sp³-hybridized carbons (Fsp3) is 0.786. The molecule has 1 atom stereocenters. The molecule has 0 aliphatic rings. The fourth-order valence-corrected chi connectivity index (χ4v) is 1.81. The second-order valence-corrected chi connectivity index (χ2v) is 6.22. The Morgan fingerprint density at radius 1 is 1.29 bits per heavy atom. The summed E-state index contributed by atoms with van der Waals surface area (Å²) in [7, 11) is 0. The van der Waals surface area contributed by atoms with Gasteiger partial charge in [0.15, 0.2) is 0 Å². The van der Waals surface area contributed by atoms with Crippen molar-refractivity contribution in [1.82, 2.24) is 5.32 Å². The van der Waals surface area contributed by atoms with Crippen LogP contribution in [0.25, 0.3) is 0 Å². The highest BCUT2D eigenvalue weighted by molar-refractivity contribution is 7.80. The minimum Gasteiger partial charge on any atom is -0.480 e. The Kier molecular flexibility index (Phi) is 9.08. The van der Waals surface area contributed by atoms with E-state index in [1.165, 1.54) is 0 Å². The van der Waals surface area contributed by atoms with E-state index in [4.69, 9.17) is 9.84 Å². The van der Waals surface area contributed by atoms with Gasteiger partial charge in [0.1, 0.15) is 17.5 Å². The number of nitrogens with zero attached hydrogens (tertiary/aromatic N) is 1. The molecule has 6 nitrogen and oxygen atoms in total. The zero-order chi connectivity index (χ0) is 16.5. The van der Waals surface area contributed by atoms with Crippen LogP contribution in [0.1, 0.15) is 53.4 Å². The monoisotopic (exact) mass is 318 g/mol. The molecule has 0 aliphatic heterocycles. The van der Waals surface area contributed by atoms with Gasteiger partial charge < -0.3 is 9.84 Å². The molecule has 0 aromatic rings. The molecule has 21 heavy (non-hydrogen) atoms. The third-order valence-corrected chi connectivity index (χ3v) is 2.77. The van der Waals surface area contributed by atoms with E-state index in [9.17, 15) is 9.59 Å². The number of amidine groups is 1. The molecule has 0 saturated carbocycles. The van der Waals surface area contributed by atoms with Crippen molar-refractivity contribution in [3.8, 4) is 0 Å². The van der Waals surface area contributed by atoms with E-state index in [1.807, 2.05) is 0 Å². The van der Waals surface area contributed by atoms with Gasteiger partial charge in [0.2, 0.25) is 0 Å². The van der Waals surface area contributed by atoms with Crippen molar-refractivity contribution in [3.05, 3.63) is 0 Å². The van der Waals surface area contributed by atoms with E-state index >= 15 is 0 Å². The first-order valence-corrected chi connectivity index (χ1v) is 7.67. The van der Waals surface area contributed by atoms with Gasteiger partial charge in [-0.15, -0.1) is 0 Å². The van der Waals surface area contributed by atoms with Gasteiger partial charge in [0, 0.05) is 0 Å². The average molecular weight is 318 g/mol. The number of hydrogen-bond donors (Lipinski definition) is 3. The summed E-state index contributed by atoms with van der Waals surface area (Å²) in [6, 6.07) is -0.847. The number of hydrogen-bond acceptors (Lipinski definition) is 5. The first kappa shape index (κ1) is 19.8. The van der Waals surface area contributed by atoms with Crippen LogP contribution in [0, 0.1) is 0 Å². The maximum Gasteiger partial charge on any atom is 0.413 e. The number of carboxylic acids is 1. The topological polar surface area (TPSA) is 88.0 Å². The largest absolute Gasteiger partial charge is 0.480 e. The van der Waals surface area contributed by atoms with Crippen molar-refractivity contribution < 1.29 is 19.4 Å². The third kappa shape index (κ3) is 11.1. The summed E-state index contributed by atoms with van der Waals surface area (Å²) in [5.74, 6) is 0.0392. The summed E-state index contributed by atoms with van der Waals surface area (Å²) in [6.07, 6.45) is 2.44. The van der Waals surface area contributed by atoms with E-state index in [-0.39, 0.29) is 5.84 Å². The van der Waals surface area contributed by atoms with Crippen LogP contribution >= 0.6 is 12.6 Å². The number of nitrogens with one attached hydrogen (secondary N) is 1. The summed E-state index contributed by atoms with van der Waals surface area (Å²) in [4.78, 5) is 26.7. The molecule has 7 heteroatoms.